The molecule has 1 saturated carbocycles. The Morgan fingerprint density at radius 2 is 1.93 bits per heavy atom. The van der Waals surface area contributed by atoms with Crippen molar-refractivity contribution in [3.05, 3.63) is 34.9 Å². The first-order chi connectivity index (χ1) is 20.8. The number of fused-ring (bicyclic) bond motifs is 3. The molecule has 1 fully saturated rings. The highest BCUT2D eigenvalue weighted by Crippen LogP contribution is 2.51. The normalized spacial score (nSPS) is 28.1. The van der Waals surface area contributed by atoms with E-state index in [2.05, 4.69) is 26.1 Å². The zero-order chi connectivity index (χ0) is 32.3. The molecule has 7 atom stereocenters. The van der Waals surface area contributed by atoms with Gasteiger partial charge in [-0.1, -0.05) is 27.2 Å². The van der Waals surface area contributed by atoms with Crippen LogP contribution in [0.25, 0.3) is 0 Å². The maximum atomic E-state index is 13.9. The van der Waals surface area contributed by atoms with Gasteiger partial charge in [-0.3, -0.25) is 9.59 Å². The Balaban J connectivity index is 1.71. The van der Waals surface area contributed by atoms with Crippen LogP contribution >= 0.6 is 0 Å². The Morgan fingerprint density at radius 1 is 1.20 bits per heavy atom. The average Bonchev–Trinajstić information content (AvgIpc) is 3.36. The fourth-order valence-corrected chi connectivity index (χ4v) is 6.74. The molecule has 0 saturated heterocycles. The summed E-state index contributed by atoms with van der Waals surface area (Å²) < 4.78 is 59.2. The highest BCUT2D eigenvalue weighted by atomic mass is 19.4. The second-order valence-corrected chi connectivity index (χ2v) is 12.3. The van der Waals surface area contributed by atoms with Crippen LogP contribution < -0.4 is 14.8 Å². The van der Waals surface area contributed by atoms with Crippen LogP contribution in [0.5, 0.6) is 11.5 Å². The molecule has 1 aromatic carbocycles. The number of nitrogens with zero attached hydrogens (tertiary/aromatic N) is 1. The highest BCUT2D eigenvalue weighted by Gasteiger charge is 2.52. The van der Waals surface area contributed by atoms with Crippen molar-refractivity contribution >= 4 is 11.8 Å². The molecule has 4 rings (SSSR count). The van der Waals surface area contributed by atoms with E-state index in [1.54, 1.807) is 6.07 Å². The summed E-state index contributed by atoms with van der Waals surface area (Å²) in [5.41, 5.74) is 0.778. The number of carbonyl (C=O) groups excluding carboxylic acids is 2. The Bertz CT molecular complexity index is 1220. The van der Waals surface area contributed by atoms with E-state index in [9.17, 15) is 38.1 Å². The van der Waals surface area contributed by atoms with Crippen molar-refractivity contribution in [3.63, 3.8) is 0 Å². The van der Waals surface area contributed by atoms with Gasteiger partial charge in [-0.15, -0.1) is 0 Å². The summed E-state index contributed by atoms with van der Waals surface area (Å²) >= 11 is 0. The number of ether oxygens (including phenoxy) is 3. The van der Waals surface area contributed by atoms with Crippen molar-refractivity contribution in [1.82, 2.24) is 10.2 Å². The molecule has 246 valence electrons. The number of methoxy groups -OCH3 is 1. The summed E-state index contributed by atoms with van der Waals surface area (Å²) in [5, 5.41) is 33.1. The van der Waals surface area contributed by atoms with Crippen LogP contribution in [0.4, 0.5) is 13.2 Å². The van der Waals surface area contributed by atoms with Crippen molar-refractivity contribution in [2.75, 3.05) is 33.4 Å². The quantitative estimate of drug-likeness (QED) is 0.294. The summed E-state index contributed by atoms with van der Waals surface area (Å²) in [4.78, 5) is 27.4. The zero-order valence-corrected chi connectivity index (χ0v) is 25.5. The van der Waals surface area contributed by atoms with Crippen LogP contribution in [0.15, 0.2) is 23.8 Å². The van der Waals surface area contributed by atoms with E-state index in [1.165, 1.54) is 19.3 Å². The van der Waals surface area contributed by atoms with Crippen LogP contribution in [0, 0.1) is 17.8 Å². The van der Waals surface area contributed by atoms with Crippen molar-refractivity contribution < 1.29 is 52.3 Å². The van der Waals surface area contributed by atoms with E-state index in [0.717, 1.165) is 12.8 Å². The summed E-state index contributed by atoms with van der Waals surface area (Å²) in [6.45, 7) is 2.98. The number of carbonyl (C=O) groups is 2. The highest BCUT2D eigenvalue weighted by molar-refractivity contribution is 5.96. The molecule has 2 aliphatic carbocycles. The molecule has 1 heterocycles. The first-order valence-corrected chi connectivity index (χ1v) is 15.0. The number of aliphatic hydroxyl groups excluding tert-OH is 3. The third kappa shape index (κ3) is 7.32. The fourth-order valence-electron chi connectivity index (χ4n) is 6.74. The van der Waals surface area contributed by atoms with E-state index in [-0.39, 0.29) is 54.8 Å². The van der Waals surface area contributed by atoms with Gasteiger partial charge in [0.2, 0.25) is 11.8 Å². The second-order valence-electron chi connectivity index (χ2n) is 12.3. The molecule has 0 bridgehead atoms. The topological polar surface area (TPSA) is 138 Å². The Kier molecular flexibility index (Phi) is 10.9. The van der Waals surface area contributed by atoms with Gasteiger partial charge in [0.05, 0.1) is 38.4 Å². The van der Waals surface area contributed by atoms with Gasteiger partial charge in [-0.25, -0.2) is 0 Å². The number of rotatable bonds is 11. The smallest absolute Gasteiger partial charge is 0.406 e. The second kappa shape index (κ2) is 14.1. The molecule has 13 heteroatoms. The van der Waals surface area contributed by atoms with E-state index in [0.29, 0.717) is 28.4 Å². The van der Waals surface area contributed by atoms with Gasteiger partial charge >= 0.3 is 6.18 Å². The average molecular weight is 629 g/mol. The molecule has 0 aromatic heterocycles. The summed E-state index contributed by atoms with van der Waals surface area (Å²) in [7, 11) is 1.37. The van der Waals surface area contributed by atoms with Crippen molar-refractivity contribution in [1.29, 1.82) is 0 Å². The predicted octanol–water partition coefficient (Wildman–Crippen LogP) is 2.68. The number of aliphatic hydroxyl groups is 3. The Labute approximate surface area is 255 Å². The predicted molar refractivity (Wildman–Crippen MR) is 153 cm³/mol. The molecule has 10 nitrogen and oxygen atoms in total. The van der Waals surface area contributed by atoms with Crippen LogP contribution in [0.1, 0.15) is 57.1 Å². The summed E-state index contributed by atoms with van der Waals surface area (Å²) in [6.07, 6.45) is -4.30. The molecule has 1 aliphatic heterocycles. The lowest BCUT2D eigenvalue weighted by Crippen LogP contribution is -2.58. The summed E-state index contributed by atoms with van der Waals surface area (Å²) in [6, 6.07) is 1.50. The van der Waals surface area contributed by atoms with E-state index in [4.69, 9.17) is 14.2 Å². The fraction of sp³-hybridized carbons (Fsp3) is 0.677. The number of hydrogen-bond donors (Lipinski definition) is 4. The van der Waals surface area contributed by atoms with Gasteiger partial charge < -0.3 is 39.7 Å². The van der Waals surface area contributed by atoms with Gasteiger partial charge in [0.1, 0.15) is 25.4 Å². The molecule has 7 unspecified atom stereocenters. The minimum Gasteiger partial charge on any atom is -0.493 e. The molecule has 3 aliphatic rings. The van der Waals surface area contributed by atoms with Crippen LogP contribution in [0.2, 0.25) is 0 Å². The van der Waals surface area contributed by atoms with Gasteiger partial charge in [0.15, 0.2) is 11.5 Å². The molecule has 0 radical (unpaired) electrons. The molecule has 2 amide bonds. The Hall–Kier alpha value is -2.87. The molecule has 0 spiro atoms. The maximum Gasteiger partial charge on any atom is 0.406 e. The van der Waals surface area contributed by atoms with Crippen molar-refractivity contribution in [2.24, 2.45) is 17.8 Å². The minimum absolute atomic E-state index is 0.0449. The standard InChI is InChI=1S/C31H43F3N2O8/c1-16(2)19-6-5-17(3)9-23(19)43-14-25(39)36(15-31(32,33)34)22-12-21(30(41)35-7-8-37)26-20-10-18(13-38)11-24(42-4)28(20)44-29(26)27(22)40/h10-12,16-17,19,22-23,26-27,29,37-38,40H,5-9,13-15H2,1-4H3,(H,35,41). The monoisotopic (exact) mass is 628 g/mol. The van der Waals surface area contributed by atoms with Gasteiger partial charge in [0.25, 0.3) is 0 Å². The third-order valence-electron chi connectivity index (χ3n) is 8.91. The van der Waals surface area contributed by atoms with Gasteiger partial charge in [-0.05, 0) is 54.4 Å². The maximum absolute atomic E-state index is 13.9. The molecular weight excluding hydrogens is 585 g/mol. The van der Waals surface area contributed by atoms with Gasteiger partial charge in [0, 0.05) is 17.7 Å². The third-order valence-corrected chi connectivity index (χ3v) is 8.91. The number of nitrogens with one attached hydrogen (secondary N) is 1. The SMILES string of the molecule is COc1cc(CO)cc2c1OC1C2C(C(=O)NCCO)=CC(N(CC(F)(F)F)C(=O)COC2CC(C)CCC2C(C)C)C1O. The molecule has 1 aromatic rings. The summed E-state index contributed by atoms with van der Waals surface area (Å²) in [5.74, 6) is -1.50. The first kappa shape index (κ1) is 34.0. The van der Waals surface area contributed by atoms with Crippen LogP contribution in [0.3, 0.4) is 0 Å². The lowest BCUT2D eigenvalue weighted by atomic mass is 9.75. The molecule has 44 heavy (non-hydrogen) atoms. The van der Waals surface area contributed by atoms with Crippen molar-refractivity contribution in [3.8, 4) is 11.5 Å². The number of halogens is 3. The zero-order valence-electron chi connectivity index (χ0n) is 25.5. The van der Waals surface area contributed by atoms with Gasteiger partial charge in [-0.2, -0.15) is 13.2 Å². The minimum atomic E-state index is -4.82. The number of amides is 2. The number of hydrogen-bond acceptors (Lipinski definition) is 8. The molecular formula is C31H43F3N2O8. The largest absolute Gasteiger partial charge is 0.493 e. The molecule has 4 N–H and O–H groups in total. The number of alkyl halides is 3. The lowest BCUT2D eigenvalue weighted by molar-refractivity contribution is -0.175. The first-order valence-electron chi connectivity index (χ1n) is 15.0. The van der Waals surface area contributed by atoms with E-state index >= 15 is 0 Å². The Morgan fingerprint density at radius 3 is 2.55 bits per heavy atom. The number of benzene rings is 1. The van der Waals surface area contributed by atoms with E-state index in [1.807, 2.05) is 0 Å². The van der Waals surface area contributed by atoms with Crippen LogP contribution in [-0.2, 0) is 20.9 Å². The van der Waals surface area contributed by atoms with Crippen molar-refractivity contribution in [2.45, 2.75) is 83.1 Å². The van der Waals surface area contributed by atoms with E-state index < -0.39 is 55.3 Å². The lowest BCUT2D eigenvalue weighted by Gasteiger charge is -2.41. The van der Waals surface area contributed by atoms with Crippen LogP contribution in [-0.4, -0.2) is 96.0 Å².